The van der Waals surface area contributed by atoms with Crippen molar-refractivity contribution < 1.29 is 13.5 Å². The second-order valence-corrected chi connectivity index (χ2v) is 8.36. The van der Waals surface area contributed by atoms with E-state index in [1.54, 1.807) is 6.92 Å². The molecule has 0 aromatic rings. The quantitative estimate of drug-likeness (QED) is 0.246. The fourth-order valence-corrected chi connectivity index (χ4v) is 2.87. The summed E-state index contributed by atoms with van der Waals surface area (Å²) < 4.78 is 23.0. The number of aliphatic hydroxyl groups excluding tert-OH is 1. The highest BCUT2D eigenvalue weighted by atomic mass is 127. The van der Waals surface area contributed by atoms with Crippen molar-refractivity contribution in [2.24, 2.45) is 16.8 Å². The van der Waals surface area contributed by atoms with Gasteiger partial charge in [-0.05, 0) is 31.6 Å². The van der Waals surface area contributed by atoms with Crippen molar-refractivity contribution in [1.82, 2.24) is 10.6 Å². The smallest absolute Gasteiger partial charge is 0.191 e. The Hall–Kier alpha value is -0.0900. The Balaban J connectivity index is 0. The Bertz CT molecular complexity index is 414. The van der Waals surface area contributed by atoms with Crippen LogP contribution in [0, 0.1) is 11.8 Å². The van der Waals surface area contributed by atoms with E-state index in [4.69, 9.17) is 5.11 Å². The molecule has 0 rings (SSSR count). The van der Waals surface area contributed by atoms with Crippen LogP contribution in [0.5, 0.6) is 0 Å². The number of aliphatic hydroxyl groups is 1. The van der Waals surface area contributed by atoms with E-state index < -0.39 is 9.84 Å². The SMILES string of the molecule is CCNC(=NCC(CCO)CC(C)C)NCCS(=O)(=O)CC.I. The van der Waals surface area contributed by atoms with Gasteiger partial charge in [-0.1, -0.05) is 20.8 Å². The molecular weight excluding hydrogens is 429 g/mol. The number of hydrogen-bond acceptors (Lipinski definition) is 4. The maximum Gasteiger partial charge on any atom is 0.191 e. The number of aliphatic imine (C=N–C) groups is 1. The molecule has 0 heterocycles. The molecule has 0 amide bonds. The number of halogens is 1. The molecule has 0 radical (unpaired) electrons. The zero-order valence-corrected chi connectivity index (χ0v) is 18.0. The van der Waals surface area contributed by atoms with E-state index in [1.165, 1.54) is 0 Å². The fourth-order valence-electron chi connectivity index (χ4n) is 2.16. The van der Waals surface area contributed by atoms with Gasteiger partial charge in [-0.25, -0.2) is 8.42 Å². The molecule has 8 heteroatoms. The summed E-state index contributed by atoms with van der Waals surface area (Å²) >= 11 is 0. The third-order valence-corrected chi connectivity index (χ3v) is 5.05. The monoisotopic (exact) mass is 463 g/mol. The van der Waals surface area contributed by atoms with Gasteiger partial charge in [-0.3, -0.25) is 4.99 Å². The maximum absolute atomic E-state index is 11.5. The van der Waals surface area contributed by atoms with E-state index in [0.717, 1.165) is 19.4 Å². The first-order chi connectivity index (χ1) is 10.3. The van der Waals surface area contributed by atoms with Gasteiger partial charge in [-0.2, -0.15) is 0 Å². The van der Waals surface area contributed by atoms with Crippen molar-refractivity contribution in [3.8, 4) is 0 Å². The van der Waals surface area contributed by atoms with Crippen molar-refractivity contribution in [3.05, 3.63) is 0 Å². The van der Waals surface area contributed by atoms with E-state index in [-0.39, 0.29) is 42.1 Å². The van der Waals surface area contributed by atoms with Gasteiger partial charge in [0.1, 0.15) is 0 Å². The summed E-state index contributed by atoms with van der Waals surface area (Å²) in [5.41, 5.74) is 0. The molecule has 0 aliphatic rings. The van der Waals surface area contributed by atoms with Crippen LogP contribution in [0.3, 0.4) is 0 Å². The van der Waals surface area contributed by atoms with Crippen LogP contribution in [0.1, 0.15) is 40.5 Å². The molecule has 1 unspecified atom stereocenters. The second kappa shape index (κ2) is 14.3. The average Bonchev–Trinajstić information content (AvgIpc) is 2.44. The first-order valence-corrected chi connectivity index (χ1v) is 10.00. The Morgan fingerprint density at radius 2 is 1.87 bits per heavy atom. The molecule has 0 fully saturated rings. The predicted molar refractivity (Wildman–Crippen MR) is 108 cm³/mol. The lowest BCUT2D eigenvalue weighted by atomic mass is 9.94. The van der Waals surface area contributed by atoms with Crippen LogP contribution in [0.2, 0.25) is 0 Å². The van der Waals surface area contributed by atoms with E-state index >= 15 is 0 Å². The topological polar surface area (TPSA) is 90.8 Å². The number of guanidine groups is 1. The van der Waals surface area contributed by atoms with Crippen LogP contribution in [-0.2, 0) is 9.84 Å². The van der Waals surface area contributed by atoms with Crippen molar-refractivity contribution in [2.45, 2.75) is 40.5 Å². The zero-order valence-electron chi connectivity index (χ0n) is 14.8. The van der Waals surface area contributed by atoms with Gasteiger partial charge >= 0.3 is 0 Å². The average molecular weight is 463 g/mol. The number of sulfone groups is 1. The third kappa shape index (κ3) is 14.0. The minimum atomic E-state index is -2.96. The Kier molecular flexibility index (Phi) is 15.6. The van der Waals surface area contributed by atoms with Crippen molar-refractivity contribution in [1.29, 1.82) is 0 Å². The second-order valence-electron chi connectivity index (χ2n) is 5.89. The molecule has 0 saturated carbocycles. The van der Waals surface area contributed by atoms with Gasteiger partial charge in [0, 0.05) is 32.0 Å². The molecule has 3 N–H and O–H groups in total. The van der Waals surface area contributed by atoms with Gasteiger partial charge in [0.05, 0.1) is 5.75 Å². The lowest BCUT2D eigenvalue weighted by molar-refractivity contribution is 0.245. The minimum absolute atomic E-state index is 0. The van der Waals surface area contributed by atoms with Crippen molar-refractivity contribution in [2.75, 3.05) is 37.7 Å². The van der Waals surface area contributed by atoms with E-state index in [2.05, 4.69) is 29.5 Å². The Morgan fingerprint density at radius 1 is 1.22 bits per heavy atom. The lowest BCUT2D eigenvalue weighted by Gasteiger charge is -2.17. The van der Waals surface area contributed by atoms with Gasteiger partial charge in [0.15, 0.2) is 15.8 Å². The standard InChI is InChI=1S/C15H33N3O3S.HI/c1-5-16-15(17-8-10-22(20,21)6-2)18-12-14(7-9-19)11-13(3)4;/h13-14,19H,5-12H2,1-4H3,(H2,16,17,18);1H. The molecule has 23 heavy (non-hydrogen) atoms. The van der Waals surface area contributed by atoms with Gasteiger partial charge in [-0.15, -0.1) is 24.0 Å². The van der Waals surface area contributed by atoms with E-state index in [9.17, 15) is 8.42 Å². The molecule has 0 aromatic carbocycles. The van der Waals surface area contributed by atoms with Crippen LogP contribution in [-0.4, -0.2) is 57.2 Å². The number of rotatable bonds is 11. The van der Waals surface area contributed by atoms with Gasteiger partial charge in [0.25, 0.3) is 0 Å². The summed E-state index contributed by atoms with van der Waals surface area (Å²) in [7, 11) is -2.96. The van der Waals surface area contributed by atoms with Gasteiger partial charge in [0.2, 0.25) is 0 Å². The zero-order chi connectivity index (χ0) is 17.0. The highest BCUT2D eigenvalue weighted by Gasteiger charge is 2.11. The molecular formula is C15H34IN3O3S. The van der Waals surface area contributed by atoms with Crippen LogP contribution >= 0.6 is 24.0 Å². The first-order valence-electron chi connectivity index (χ1n) is 8.18. The molecule has 0 spiro atoms. The minimum Gasteiger partial charge on any atom is -0.396 e. The van der Waals surface area contributed by atoms with Crippen LogP contribution < -0.4 is 10.6 Å². The van der Waals surface area contributed by atoms with Crippen LogP contribution in [0.15, 0.2) is 4.99 Å². The predicted octanol–water partition coefficient (Wildman–Crippen LogP) is 1.64. The van der Waals surface area contributed by atoms with E-state index in [1.807, 2.05) is 6.92 Å². The van der Waals surface area contributed by atoms with Crippen molar-refractivity contribution >= 4 is 39.8 Å². The number of nitrogens with zero attached hydrogens (tertiary/aromatic N) is 1. The third-order valence-electron chi connectivity index (χ3n) is 3.34. The summed E-state index contributed by atoms with van der Waals surface area (Å²) in [6.07, 6.45) is 1.76. The normalized spacial score (nSPS) is 13.6. The molecule has 140 valence electrons. The molecule has 0 saturated heterocycles. The van der Waals surface area contributed by atoms with Crippen LogP contribution in [0.25, 0.3) is 0 Å². The summed E-state index contributed by atoms with van der Waals surface area (Å²) in [6.45, 7) is 9.83. The summed E-state index contributed by atoms with van der Waals surface area (Å²) in [5.74, 6) is 1.83. The lowest BCUT2D eigenvalue weighted by Crippen LogP contribution is -2.40. The molecule has 0 aliphatic heterocycles. The highest BCUT2D eigenvalue weighted by Crippen LogP contribution is 2.15. The van der Waals surface area contributed by atoms with Gasteiger partial charge < -0.3 is 15.7 Å². The molecule has 1 atom stereocenters. The number of hydrogen-bond donors (Lipinski definition) is 3. The van der Waals surface area contributed by atoms with Crippen LogP contribution in [0.4, 0.5) is 0 Å². The maximum atomic E-state index is 11.5. The summed E-state index contributed by atoms with van der Waals surface area (Å²) in [5, 5.41) is 15.3. The Morgan fingerprint density at radius 3 is 2.35 bits per heavy atom. The summed E-state index contributed by atoms with van der Waals surface area (Å²) in [4.78, 5) is 4.52. The number of nitrogens with one attached hydrogen (secondary N) is 2. The largest absolute Gasteiger partial charge is 0.396 e. The summed E-state index contributed by atoms with van der Waals surface area (Å²) in [6, 6.07) is 0. The fraction of sp³-hybridized carbons (Fsp3) is 0.933. The Labute approximate surface area is 158 Å². The molecule has 0 bridgehead atoms. The van der Waals surface area contributed by atoms with E-state index in [0.29, 0.717) is 30.9 Å². The molecule has 6 nitrogen and oxygen atoms in total. The highest BCUT2D eigenvalue weighted by molar-refractivity contribution is 14.0. The molecule has 0 aromatic heterocycles. The molecule has 0 aliphatic carbocycles. The first kappa shape index (κ1) is 25.2. The van der Waals surface area contributed by atoms with Crippen molar-refractivity contribution in [3.63, 3.8) is 0 Å².